The van der Waals surface area contributed by atoms with Crippen molar-refractivity contribution in [1.29, 1.82) is 0 Å². The van der Waals surface area contributed by atoms with Crippen LogP contribution in [0.15, 0.2) is 42.7 Å². The van der Waals surface area contributed by atoms with E-state index in [0.717, 1.165) is 12.2 Å². The molecule has 1 aliphatic rings. The Labute approximate surface area is 78.6 Å². The van der Waals surface area contributed by atoms with Gasteiger partial charge in [-0.1, -0.05) is 17.6 Å². The molecule has 0 aliphatic carbocycles. The molecule has 63 valence electrons. The van der Waals surface area contributed by atoms with Crippen LogP contribution in [0.25, 0.3) is 0 Å². The van der Waals surface area contributed by atoms with Gasteiger partial charge in [0.1, 0.15) is 0 Å². The number of allylic oxidation sites excluding steroid dienone is 2. The highest BCUT2D eigenvalue weighted by Crippen LogP contribution is 1.92. The van der Waals surface area contributed by atoms with Crippen LogP contribution in [0.1, 0.15) is 5.69 Å². The van der Waals surface area contributed by atoms with Crippen molar-refractivity contribution in [3.63, 3.8) is 0 Å². The van der Waals surface area contributed by atoms with Crippen LogP contribution in [-0.4, -0.2) is 12.3 Å². The van der Waals surface area contributed by atoms with E-state index in [1.807, 2.05) is 36.6 Å². The monoisotopic (exact) mass is 169 g/mol. The zero-order valence-electron chi connectivity index (χ0n) is 7.27. The van der Waals surface area contributed by atoms with Crippen LogP contribution in [-0.2, 0) is 6.54 Å². The van der Waals surface area contributed by atoms with Gasteiger partial charge in [-0.3, -0.25) is 4.98 Å². The average Bonchev–Trinajstić information content (AvgIpc) is 2.28. The topological polar surface area (TPSA) is 24.9 Å². The molecule has 0 aromatic carbocycles. The van der Waals surface area contributed by atoms with Crippen molar-refractivity contribution in [2.75, 3.05) is 0 Å². The van der Waals surface area contributed by atoms with Gasteiger partial charge in [-0.15, -0.1) is 5.98 Å². The summed E-state index contributed by atoms with van der Waals surface area (Å²) in [6.07, 6.45) is 7.71. The minimum Gasteiger partial charge on any atom is -0.385 e. The number of rotatable bonds is 0. The molecule has 13 heavy (non-hydrogen) atoms. The third kappa shape index (κ3) is 1.99. The molecule has 1 N–H and O–H groups in total. The second-order valence-electron chi connectivity index (χ2n) is 2.83. The average molecular weight is 169 g/mol. The van der Waals surface area contributed by atoms with Gasteiger partial charge in [-0.2, -0.15) is 0 Å². The van der Waals surface area contributed by atoms with Crippen molar-refractivity contribution in [3.8, 4) is 0 Å². The van der Waals surface area contributed by atoms with Gasteiger partial charge in [-0.05, 0) is 18.3 Å². The van der Waals surface area contributed by atoms with Gasteiger partial charge in [0.05, 0.1) is 12.2 Å². The summed E-state index contributed by atoms with van der Waals surface area (Å²) in [5.74, 6) is 2.02. The number of pyridine rings is 1. The first-order valence-corrected chi connectivity index (χ1v) is 4.30. The summed E-state index contributed by atoms with van der Waals surface area (Å²) in [6.45, 7) is 0.783. The maximum absolute atomic E-state index is 4.30. The van der Waals surface area contributed by atoms with Crippen LogP contribution in [0.5, 0.6) is 0 Å². The first-order valence-electron chi connectivity index (χ1n) is 4.30. The Bertz CT molecular complexity index is 345. The van der Waals surface area contributed by atoms with Gasteiger partial charge >= 0.3 is 0 Å². The van der Waals surface area contributed by atoms with E-state index in [1.165, 1.54) is 5.46 Å². The molecule has 0 unspecified atom stereocenters. The highest BCUT2D eigenvalue weighted by molar-refractivity contribution is 6.59. The van der Waals surface area contributed by atoms with E-state index in [4.69, 9.17) is 0 Å². The summed E-state index contributed by atoms with van der Waals surface area (Å²) < 4.78 is 0. The van der Waals surface area contributed by atoms with E-state index in [-0.39, 0.29) is 0 Å². The Morgan fingerprint density at radius 3 is 3.38 bits per heavy atom. The molecule has 2 rings (SSSR count). The number of nitrogens with zero attached hydrogens (tertiary/aromatic N) is 1. The summed E-state index contributed by atoms with van der Waals surface area (Å²) in [5.41, 5.74) is 2.26. The van der Waals surface area contributed by atoms with Gasteiger partial charge in [0, 0.05) is 6.20 Å². The van der Waals surface area contributed by atoms with E-state index < -0.39 is 0 Å². The molecule has 0 bridgehead atoms. The molecule has 1 radical (unpaired) electrons. The fourth-order valence-corrected chi connectivity index (χ4v) is 1.25. The number of fused-ring (bicyclic) bond motifs is 1. The molecule has 2 nitrogen and oxygen atoms in total. The zero-order valence-corrected chi connectivity index (χ0v) is 7.27. The van der Waals surface area contributed by atoms with Crippen molar-refractivity contribution in [2.24, 2.45) is 0 Å². The second-order valence-corrected chi connectivity index (χ2v) is 2.83. The number of aromatic nitrogens is 1. The first kappa shape index (κ1) is 8.11. The van der Waals surface area contributed by atoms with E-state index in [0.29, 0.717) is 0 Å². The smallest absolute Gasteiger partial charge is 0.183 e. The molecule has 2 heterocycles. The maximum Gasteiger partial charge on any atom is 0.183 e. The van der Waals surface area contributed by atoms with E-state index >= 15 is 0 Å². The molecule has 0 saturated carbocycles. The summed E-state index contributed by atoms with van der Waals surface area (Å²) in [5, 5.41) is 3.17. The predicted molar refractivity (Wildman–Crippen MR) is 54.7 cm³/mol. The Morgan fingerprint density at radius 2 is 2.38 bits per heavy atom. The van der Waals surface area contributed by atoms with Gasteiger partial charge < -0.3 is 5.32 Å². The lowest BCUT2D eigenvalue weighted by molar-refractivity contribution is 0.842. The van der Waals surface area contributed by atoms with Crippen LogP contribution < -0.4 is 10.8 Å². The Morgan fingerprint density at radius 1 is 1.38 bits per heavy atom. The highest BCUT2D eigenvalue weighted by atomic mass is 14.9. The van der Waals surface area contributed by atoms with Crippen molar-refractivity contribution in [2.45, 2.75) is 6.54 Å². The minimum absolute atomic E-state index is 0.783. The summed E-state index contributed by atoms with van der Waals surface area (Å²) in [6, 6.07) is 4.02. The lowest BCUT2D eigenvalue weighted by Crippen LogP contribution is -2.22. The fourth-order valence-electron chi connectivity index (χ4n) is 1.25. The van der Waals surface area contributed by atoms with Gasteiger partial charge in [-0.25, -0.2) is 0 Å². The number of hydrogen-bond acceptors (Lipinski definition) is 2. The van der Waals surface area contributed by atoms with E-state index in [9.17, 15) is 0 Å². The predicted octanol–water partition coefficient (Wildman–Crippen LogP) is 0.542. The van der Waals surface area contributed by atoms with E-state index in [1.54, 1.807) is 0 Å². The minimum atomic E-state index is 0.783. The third-order valence-corrected chi connectivity index (χ3v) is 1.91. The lowest BCUT2D eigenvalue weighted by Gasteiger charge is -2.04. The Balaban J connectivity index is 2.31. The summed E-state index contributed by atoms with van der Waals surface area (Å²) in [4.78, 5) is 4.30. The quantitative estimate of drug-likeness (QED) is 0.573. The molecule has 1 aliphatic heterocycles. The molecule has 1 aromatic rings. The summed E-state index contributed by atoms with van der Waals surface area (Å²) in [7, 11) is 2.07. The lowest BCUT2D eigenvalue weighted by atomic mass is 9.69. The van der Waals surface area contributed by atoms with Crippen molar-refractivity contribution in [3.05, 3.63) is 48.4 Å². The van der Waals surface area contributed by atoms with Crippen molar-refractivity contribution >= 4 is 12.7 Å². The molecule has 0 spiro atoms. The second kappa shape index (κ2) is 3.94. The van der Waals surface area contributed by atoms with E-state index in [2.05, 4.69) is 23.6 Å². The number of nitrogens with one attached hydrogen (secondary N) is 1. The molecule has 0 atom stereocenters. The largest absolute Gasteiger partial charge is 0.385 e. The Hall–Kier alpha value is -1.51. The summed E-state index contributed by atoms with van der Waals surface area (Å²) >= 11 is 0. The maximum atomic E-state index is 4.30. The van der Waals surface area contributed by atoms with Gasteiger partial charge in [0.25, 0.3) is 0 Å². The van der Waals surface area contributed by atoms with Crippen LogP contribution >= 0.6 is 0 Å². The van der Waals surface area contributed by atoms with Gasteiger partial charge in [0.15, 0.2) is 7.28 Å². The highest BCUT2D eigenvalue weighted by Gasteiger charge is 2.01. The van der Waals surface area contributed by atoms with Crippen molar-refractivity contribution in [1.82, 2.24) is 10.3 Å². The molecule has 0 amide bonds. The fraction of sp³-hybridized carbons (Fsp3) is 0.100. The molecule has 0 saturated heterocycles. The standard InChI is InChI=1S/C10H10BN2/c1-2-6-12-8-10-9(11-5-1)4-3-7-13-10/h1-7,12H,8H2/b5-1-,6-2-. The van der Waals surface area contributed by atoms with Crippen molar-refractivity contribution < 1.29 is 0 Å². The zero-order chi connectivity index (χ0) is 8.93. The molecule has 1 aromatic heterocycles. The third-order valence-electron chi connectivity index (χ3n) is 1.91. The molecular weight excluding hydrogens is 159 g/mol. The van der Waals surface area contributed by atoms with Crippen LogP contribution in [0, 0.1) is 0 Å². The normalized spacial score (nSPS) is 19.4. The SMILES string of the molecule is [B]1/C=C\C=C/NCc2ncccc21. The Kier molecular flexibility index (Phi) is 2.46. The molecule has 0 fully saturated rings. The van der Waals surface area contributed by atoms with Crippen LogP contribution in [0.4, 0.5) is 0 Å². The van der Waals surface area contributed by atoms with Crippen LogP contribution in [0.2, 0.25) is 0 Å². The van der Waals surface area contributed by atoms with Gasteiger partial charge in [0.2, 0.25) is 0 Å². The van der Waals surface area contributed by atoms with Crippen LogP contribution in [0.3, 0.4) is 0 Å². The number of hydrogen-bond donors (Lipinski definition) is 1. The molecular formula is C10H10BN2. The molecule has 3 heteroatoms. The first-order chi connectivity index (χ1) is 6.47.